The highest BCUT2D eigenvalue weighted by Gasteiger charge is 2.24. The Bertz CT molecular complexity index is 765. The second-order valence-electron chi connectivity index (χ2n) is 7.06. The Morgan fingerprint density at radius 1 is 1.24 bits per heavy atom. The second kappa shape index (κ2) is 7.72. The van der Waals surface area contributed by atoms with Gasteiger partial charge in [-0.25, -0.2) is 0 Å². The van der Waals surface area contributed by atoms with Crippen molar-refractivity contribution in [3.8, 4) is 0 Å². The lowest BCUT2D eigenvalue weighted by molar-refractivity contribution is -0.137. The number of fused-ring (bicyclic) bond motifs is 1. The second-order valence-corrected chi connectivity index (χ2v) is 7.06. The van der Waals surface area contributed by atoms with Crippen LogP contribution in [0.4, 0.5) is 0 Å². The zero-order valence-corrected chi connectivity index (χ0v) is 14.8. The minimum absolute atomic E-state index is 0.188. The first-order valence-electron chi connectivity index (χ1n) is 9.07. The minimum atomic E-state index is -0.751. The number of carbonyl (C=O) groups is 2. The van der Waals surface area contributed by atoms with Crippen LogP contribution in [0.3, 0.4) is 0 Å². The number of likely N-dealkylation sites (tertiary alicyclic amines) is 1. The summed E-state index contributed by atoms with van der Waals surface area (Å²) in [5, 5.41) is 10.1. The standard InChI is InChI=1S/C20H26N2O3/c1-21-14-16(17-6-2-3-7-18(17)21)9-10-19(23)22-12-4-5-15(13-22)8-11-20(24)25/h2-3,6-7,14-15H,4-5,8-13H2,1H3,(H,24,25)/t15-/m0/s1. The van der Waals surface area contributed by atoms with Gasteiger partial charge < -0.3 is 14.6 Å². The fourth-order valence-corrected chi connectivity index (χ4v) is 3.88. The van der Waals surface area contributed by atoms with Crippen molar-refractivity contribution in [2.45, 2.75) is 38.5 Å². The Morgan fingerprint density at radius 3 is 2.84 bits per heavy atom. The molecule has 1 fully saturated rings. The molecule has 0 aliphatic carbocycles. The highest BCUT2D eigenvalue weighted by molar-refractivity contribution is 5.85. The summed E-state index contributed by atoms with van der Waals surface area (Å²) in [6.07, 6.45) is 6.25. The van der Waals surface area contributed by atoms with Crippen molar-refractivity contribution < 1.29 is 14.7 Å². The molecular formula is C20H26N2O3. The predicted molar refractivity (Wildman–Crippen MR) is 97.4 cm³/mol. The third kappa shape index (κ3) is 4.21. The van der Waals surface area contributed by atoms with Gasteiger partial charge in [0.1, 0.15) is 0 Å². The smallest absolute Gasteiger partial charge is 0.303 e. The van der Waals surface area contributed by atoms with Gasteiger partial charge in [0.15, 0.2) is 0 Å². The van der Waals surface area contributed by atoms with Crippen LogP contribution in [0, 0.1) is 5.92 Å². The lowest BCUT2D eigenvalue weighted by Gasteiger charge is -2.32. The van der Waals surface area contributed by atoms with Gasteiger partial charge in [0.25, 0.3) is 0 Å². The van der Waals surface area contributed by atoms with Crippen molar-refractivity contribution in [3.63, 3.8) is 0 Å². The highest BCUT2D eigenvalue weighted by Crippen LogP contribution is 2.24. The number of rotatable bonds is 6. The number of carboxylic acid groups (broad SMARTS) is 1. The largest absolute Gasteiger partial charge is 0.481 e. The van der Waals surface area contributed by atoms with E-state index >= 15 is 0 Å². The fraction of sp³-hybridized carbons (Fsp3) is 0.500. The van der Waals surface area contributed by atoms with Gasteiger partial charge in [0.2, 0.25) is 5.91 Å². The van der Waals surface area contributed by atoms with Gasteiger partial charge in [-0.1, -0.05) is 18.2 Å². The molecule has 1 saturated heterocycles. The van der Waals surface area contributed by atoms with Gasteiger partial charge in [-0.15, -0.1) is 0 Å². The summed E-state index contributed by atoms with van der Waals surface area (Å²) in [7, 11) is 2.03. The summed E-state index contributed by atoms with van der Waals surface area (Å²) in [4.78, 5) is 25.3. The van der Waals surface area contributed by atoms with Crippen LogP contribution < -0.4 is 0 Å². The van der Waals surface area contributed by atoms with Crippen molar-refractivity contribution in [3.05, 3.63) is 36.0 Å². The van der Waals surface area contributed by atoms with E-state index in [1.165, 1.54) is 16.5 Å². The van der Waals surface area contributed by atoms with Crippen LogP contribution in [0.2, 0.25) is 0 Å². The number of benzene rings is 1. The molecule has 5 heteroatoms. The van der Waals surface area contributed by atoms with E-state index in [4.69, 9.17) is 5.11 Å². The Labute approximate surface area is 148 Å². The quantitative estimate of drug-likeness (QED) is 0.877. The zero-order valence-electron chi connectivity index (χ0n) is 14.8. The van der Waals surface area contributed by atoms with E-state index in [2.05, 4.69) is 22.9 Å². The third-order valence-electron chi connectivity index (χ3n) is 5.23. The van der Waals surface area contributed by atoms with Gasteiger partial charge in [-0.3, -0.25) is 9.59 Å². The number of aliphatic carboxylic acids is 1. The molecule has 0 unspecified atom stereocenters. The van der Waals surface area contributed by atoms with E-state index in [-0.39, 0.29) is 12.3 Å². The molecule has 3 rings (SSSR count). The summed E-state index contributed by atoms with van der Waals surface area (Å²) in [5.41, 5.74) is 2.41. The number of aryl methyl sites for hydroxylation is 2. The monoisotopic (exact) mass is 342 g/mol. The summed E-state index contributed by atoms with van der Waals surface area (Å²) < 4.78 is 2.11. The van der Waals surface area contributed by atoms with Crippen molar-refractivity contribution in [2.75, 3.05) is 13.1 Å². The SMILES string of the molecule is Cn1cc(CCC(=O)N2CCC[C@@H](CCC(=O)O)C2)c2ccccc21. The molecule has 5 nitrogen and oxygen atoms in total. The molecule has 0 spiro atoms. The number of hydrogen-bond donors (Lipinski definition) is 1. The van der Waals surface area contributed by atoms with E-state index in [1.54, 1.807) is 0 Å². The highest BCUT2D eigenvalue weighted by atomic mass is 16.4. The van der Waals surface area contributed by atoms with E-state index in [1.807, 2.05) is 24.1 Å². The summed E-state index contributed by atoms with van der Waals surface area (Å²) in [5.74, 6) is -0.237. The number of aromatic nitrogens is 1. The van der Waals surface area contributed by atoms with E-state index in [0.717, 1.165) is 25.8 Å². The van der Waals surface area contributed by atoms with Crippen LogP contribution >= 0.6 is 0 Å². The first kappa shape index (κ1) is 17.5. The van der Waals surface area contributed by atoms with Crippen molar-refractivity contribution in [1.82, 2.24) is 9.47 Å². The lowest BCUT2D eigenvalue weighted by Crippen LogP contribution is -2.40. The molecule has 0 radical (unpaired) electrons. The van der Waals surface area contributed by atoms with Crippen LogP contribution in [-0.4, -0.2) is 39.5 Å². The summed E-state index contributed by atoms with van der Waals surface area (Å²) in [6, 6.07) is 8.27. The molecule has 1 N–H and O–H groups in total. The van der Waals surface area contributed by atoms with Gasteiger partial charge in [0, 0.05) is 50.1 Å². The lowest BCUT2D eigenvalue weighted by atomic mass is 9.93. The summed E-state index contributed by atoms with van der Waals surface area (Å²) >= 11 is 0. The Kier molecular flexibility index (Phi) is 5.41. The first-order chi connectivity index (χ1) is 12.0. The number of carboxylic acids is 1. The van der Waals surface area contributed by atoms with Crippen LogP contribution in [-0.2, 0) is 23.1 Å². The normalized spacial score (nSPS) is 17.8. The first-order valence-corrected chi connectivity index (χ1v) is 9.07. The van der Waals surface area contributed by atoms with E-state index in [0.29, 0.717) is 25.3 Å². The number of amides is 1. The van der Waals surface area contributed by atoms with Crippen LogP contribution in [0.25, 0.3) is 10.9 Å². The molecule has 2 heterocycles. The van der Waals surface area contributed by atoms with Crippen LogP contribution in [0.15, 0.2) is 30.5 Å². The Morgan fingerprint density at radius 2 is 2.04 bits per heavy atom. The average Bonchev–Trinajstić information content (AvgIpc) is 2.94. The van der Waals surface area contributed by atoms with Gasteiger partial charge in [0.05, 0.1) is 0 Å². The molecular weight excluding hydrogens is 316 g/mol. The molecule has 25 heavy (non-hydrogen) atoms. The average molecular weight is 342 g/mol. The van der Waals surface area contributed by atoms with E-state index < -0.39 is 5.97 Å². The molecule has 1 aliphatic rings. The Balaban J connectivity index is 1.57. The van der Waals surface area contributed by atoms with Crippen molar-refractivity contribution in [1.29, 1.82) is 0 Å². The Hall–Kier alpha value is -2.30. The number of para-hydroxylation sites is 1. The molecule has 0 saturated carbocycles. The molecule has 1 aromatic heterocycles. The molecule has 0 bridgehead atoms. The van der Waals surface area contributed by atoms with Crippen molar-refractivity contribution in [2.24, 2.45) is 13.0 Å². The van der Waals surface area contributed by atoms with Crippen LogP contribution in [0.5, 0.6) is 0 Å². The van der Waals surface area contributed by atoms with Gasteiger partial charge in [-0.05, 0) is 43.2 Å². The number of nitrogens with zero attached hydrogens (tertiary/aromatic N) is 2. The van der Waals surface area contributed by atoms with Gasteiger partial charge in [-0.2, -0.15) is 0 Å². The summed E-state index contributed by atoms with van der Waals surface area (Å²) in [6.45, 7) is 1.51. The maximum Gasteiger partial charge on any atom is 0.303 e. The van der Waals surface area contributed by atoms with E-state index in [9.17, 15) is 9.59 Å². The van der Waals surface area contributed by atoms with Crippen LogP contribution in [0.1, 0.15) is 37.7 Å². The molecule has 2 aromatic rings. The van der Waals surface area contributed by atoms with Crippen molar-refractivity contribution >= 4 is 22.8 Å². The number of carbonyl (C=O) groups excluding carboxylic acids is 1. The predicted octanol–water partition coefficient (Wildman–Crippen LogP) is 3.21. The molecule has 1 aliphatic heterocycles. The topological polar surface area (TPSA) is 62.5 Å². The fourth-order valence-electron chi connectivity index (χ4n) is 3.88. The molecule has 1 atom stereocenters. The molecule has 134 valence electrons. The maximum absolute atomic E-state index is 12.6. The number of hydrogen-bond acceptors (Lipinski definition) is 2. The maximum atomic E-state index is 12.6. The zero-order chi connectivity index (χ0) is 17.8. The number of piperidine rings is 1. The molecule has 1 aromatic carbocycles. The minimum Gasteiger partial charge on any atom is -0.481 e. The van der Waals surface area contributed by atoms with Gasteiger partial charge >= 0.3 is 5.97 Å². The molecule has 1 amide bonds. The third-order valence-corrected chi connectivity index (χ3v) is 5.23.